The molecule has 0 aliphatic carbocycles. The Labute approximate surface area is 137 Å². The summed E-state index contributed by atoms with van der Waals surface area (Å²) in [6.07, 6.45) is 2.98. The summed E-state index contributed by atoms with van der Waals surface area (Å²) < 4.78 is 22.7. The van der Waals surface area contributed by atoms with Crippen LogP contribution in [0.25, 0.3) is 0 Å². The monoisotopic (exact) mass is 347 g/mol. The van der Waals surface area contributed by atoms with E-state index in [0.29, 0.717) is 12.2 Å². The molecule has 3 N–H and O–H groups in total. The van der Waals surface area contributed by atoms with Gasteiger partial charge >= 0.3 is 0 Å². The largest absolute Gasteiger partial charge is 0.328 e. The van der Waals surface area contributed by atoms with Crippen LogP contribution < -0.4 is 11.1 Å². The van der Waals surface area contributed by atoms with Crippen molar-refractivity contribution in [2.45, 2.75) is 23.8 Å². The van der Waals surface area contributed by atoms with E-state index in [1.54, 1.807) is 12.1 Å². The van der Waals surface area contributed by atoms with E-state index < -0.39 is 9.84 Å². The van der Waals surface area contributed by atoms with E-state index >= 15 is 0 Å². The van der Waals surface area contributed by atoms with Gasteiger partial charge in [0.1, 0.15) is 0 Å². The quantitative estimate of drug-likeness (QED) is 0.843. The van der Waals surface area contributed by atoms with Gasteiger partial charge in [0.25, 0.3) is 0 Å². The number of amides is 1. The van der Waals surface area contributed by atoms with Crippen molar-refractivity contribution in [1.82, 2.24) is 4.90 Å². The maximum atomic E-state index is 11.9. The van der Waals surface area contributed by atoms with Crippen molar-refractivity contribution in [2.24, 2.45) is 5.73 Å². The molecule has 0 bridgehead atoms. The molecule has 22 heavy (non-hydrogen) atoms. The number of benzene rings is 1. The first-order valence-electron chi connectivity index (χ1n) is 6.92. The van der Waals surface area contributed by atoms with Crippen molar-refractivity contribution in [1.29, 1.82) is 0 Å². The highest BCUT2D eigenvalue weighted by Gasteiger charge is 2.18. The summed E-state index contributed by atoms with van der Waals surface area (Å²) in [5, 5.41) is 2.77. The van der Waals surface area contributed by atoms with Crippen LogP contribution in [-0.4, -0.2) is 51.2 Å². The molecule has 1 saturated heterocycles. The van der Waals surface area contributed by atoms with Crippen molar-refractivity contribution in [3.63, 3.8) is 0 Å². The minimum atomic E-state index is -3.21. The van der Waals surface area contributed by atoms with Gasteiger partial charge in [0, 0.05) is 31.1 Å². The van der Waals surface area contributed by atoms with Gasteiger partial charge in [0.15, 0.2) is 9.84 Å². The summed E-state index contributed by atoms with van der Waals surface area (Å²) in [6.45, 7) is 2.00. The van der Waals surface area contributed by atoms with Crippen LogP contribution in [-0.2, 0) is 14.6 Å². The molecule has 1 heterocycles. The predicted molar refractivity (Wildman–Crippen MR) is 89.1 cm³/mol. The molecule has 0 spiro atoms. The number of nitrogens with zero attached hydrogens (tertiary/aromatic N) is 1. The van der Waals surface area contributed by atoms with Crippen LogP contribution in [0.1, 0.15) is 12.8 Å². The number of hydrogen-bond acceptors (Lipinski definition) is 5. The Morgan fingerprint density at radius 1 is 1.27 bits per heavy atom. The molecule has 0 atom stereocenters. The molecular formula is C14H22ClN3O3S. The Hall–Kier alpha value is -1.15. The van der Waals surface area contributed by atoms with Gasteiger partial charge in [-0.25, -0.2) is 8.42 Å². The van der Waals surface area contributed by atoms with Crippen molar-refractivity contribution in [3.8, 4) is 0 Å². The van der Waals surface area contributed by atoms with Crippen LogP contribution in [0.3, 0.4) is 0 Å². The van der Waals surface area contributed by atoms with Crippen LogP contribution >= 0.6 is 12.4 Å². The van der Waals surface area contributed by atoms with Gasteiger partial charge in [0.2, 0.25) is 5.91 Å². The third-order valence-electron chi connectivity index (χ3n) is 3.57. The van der Waals surface area contributed by atoms with Crippen LogP contribution in [0.4, 0.5) is 5.69 Å². The van der Waals surface area contributed by atoms with E-state index in [0.717, 1.165) is 32.2 Å². The molecular weight excluding hydrogens is 326 g/mol. The molecule has 0 aromatic heterocycles. The minimum absolute atomic E-state index is 0. The number of likely N-dealkylation sites (tertiary alicyclic amines) is 1. The number of carbonyl (C=O) groups excluding carboxylic acids is 1. The molecule has 1 amide bonds. The SMILES string of the molecule is CS(=O)(=O)c1ccc(NC(=O)CN2CCC(N)CC2)cc1.Cl. The molecule has 8 heteroatoms. The topological polar surface area (TPSA) is 92.5 Å². The lowest BCUT2D eigenvalue weighted by Crippen LogP contribution is -2.43. The summed E-state index contributed by atoms with van der Waals surface area (Å²) in [5.74, 6) is -0.0995. The normalized spacial score (nSPS) is 16.8. The molecule has 1 aromatic carbocycles. The lowest BCUT2D eigenvalue weighted by molar-refractivity contribution is -0.117. The van der Waals surface area contributed by atoms with E-state index in [9.17, 15) is 13.2 Å². The second-order valence-electron chi connectivity index (χ2n) is 5.46. The average Bonchev–Trinajstić information content (AvgIpc) is 2.41. The number of carbonyl (C=O) groups is 1. The van der Waals surface area contributed by atoms with Crippen molar-refractivity contribution >= 4 is 33.8 Å². The molecule has 1 aliphatic rings. The summed E-state index contributed by atoms with van der Waals surface area (Å²) in [7, 11) is -3.21. The Bertz CT molecular complexity index is 596. The Morgan fingerprint density at radius 3 is 2.32 bits per heavy atom. The number of rotatable bonds is 4. The summed E-state index contributed by atoms with van der Waals surface area (Å²) >= 11 is 0. The molecule has 0 radical (unpaired) electrons. The van der Waals surface area contributed by atoms with E-state index in [1.807, 2.05) is 0 Å². The Kier molecular flexibility index (Phi) is 6.80. The zero-order chi connectivity index (χ0) is 15.5. The number of nitrogens with two attached hydrogens (primary N) is 1. The van der Waals surface area contributed by atoms with Gasteiger partial charge in [-0.2, -0.15) is 0 Å². The molecule has 0 unspecified atom stereocenters. The highest BCUT2D eigenvalue weighted by molar-refractivity contribution is 7.90. The van der Waals surface area contributed by atoms with Gasteiger partial charge in [0.05, 0.1) is 11.4 Å². The number of anilines is 1. The predicted octanol–water partition coefficient (Wildman–Crippen LogP) is 0.874. The number of piperidine rings is 1. The zero-order valence-corrected chi connectivity index (χ0v) is 14.1. The van der Waals surface area contributed by atoms with Gasteiger partial charge in [-0.15, -0.1) is 12.4 Å². The number of nitrogens with one attached hydrogen (secondary N) is 1. The fourth-order valence-electron chi connectivity index (χ4n) is 2.30. The molecule has 1 aliphatic heterocycles. The highest BCUT2D eigenvalue weighted by Crippen LogP contribution is 2.14. The van der Waals surface area contributed by atoms with Gasteiger partial charge in [-0.3, -0.25) is 9.69 Å². The Morgan fingerprint density at radius 2 is 1.82 bits per heavy atom. The van der Waals surface area contributed by atoms with E-state index in [-0.39, 0.29) is 29.3 Å². The third-order valence-corrected chi connectivity index (χ3v) is 4.69. The molecule has 1 aromatic rings. The first-order chi connectivity index (χ1) is 9.84. The standard InChI is InChI=1S/C14H21N3O3S.ClH/c1-21(19,20)13-4-2-12(3-5-13)16-14(18)10-17-8-6-11(15)7-9-17;/h2-5,11H,6-10,15H2,1H3,(H,16,18);1H. The lowest BCUT2D eigenvalue weighted by Gasteiger charge is -2.29. The maximum Gasteiger partial charge on any atom is 0.238 e. The molecule has 1 fully saturated rings. The first kappa shape index (κ1) is 18.9. The highest BCUT2D eigenvalue weighted by atomic mass is 35.5. The Balaban J connectivity index is 0.00000242. The fraction of sp³-hybridized carbons (Fsp3) is 0.500. The summed E-state index contributed by atoms with van der Waals surface area (Å²) in [5.41, 5.74) is 6.42. The van der Waals surface area contributed by atoms with Gasteiger partial charge in [-0.1, -0.05) is 0 Å². The minimum Gasteiger partial charge on any atom is -0.328 e. The fourth-order valence-corrected chi connectivity index (χ4v) is 2.93. The molecule has 6 nitrogen and oxygen atoms in total. The summed E-state index contributed by atoms with van der Waals surface area (Å²) in [6, 6.07) is 6.42. The number of hydrogen-bond donors (Lipinski definition) is 2. The van der Waals surface area contributed by atoms with Crippen LogP contribution in [0.2, 0.25) is 0 Å². The number of halogens is 1. The molecule has 2 rings (SSSR count). The maximum absolute atomic E-state index is 11.9. The van der Waals surface area contributed by atoms with Crippen LogP contribution in [0, 0.1) is 0 Å². The van der Waals surface area contributed by atoms with Gasteiger partial charge < -0.3 is 11.1 Å². The van der Waals surface area contributed by atoms with E-state index in [1.165, 1.54) is 12.1 Å². The summed E-state index contributed by atoms with van der Waals surface area (Å²) in [4.78, 5) is 14.3. The van der Waals surface area contributed by atoms with E-state index in [4.69, 9.17) is 5.73 Å². The average molecular weight is 348 g/mol. The van der Waals surface area contributed by atoms with Crippen LogP contribution in [0.15, 0.2) is 29.2 Å². The van der Waals surface area contributed by atoms with Crippen molar-refractivity contribution in [2.75, 3.05) is 31.2 Å². The number of sulfone groups is 1. The molecule has 0 saturated carbocycles. The molecule has 124 valence electrons. The smallest absolute Gasteiger partial charge is 0.238 e. The van der Waals surface area contributed by atoms with Gasteiger partial charge in [-0.05, 0) is 37.1 Å². The second-order valence-corrected chi connectivity index (χ2v) is 7.47. The van der Waals surface area contributed by atoms with Crippen molar-refractivity contribution < 1.29 is 13.2 Å². The van der Waals surface area contributed by atoms with E-state index in [2.05, 4.69) is 10.2 Å². The lowest BCUT2D eigenvalue weighted by atomic mass is 10.1. The van der Waals surface area contributed by atoms with Crippen molar-refractivity contribution in [3.05, 3.63) is 24.3 Å². The second kappa shape index (κ2) is 7.92. The third kappa shape index (κ3) is 5.57. The zero-order valence-electron chi connectivity index (χ0n) is 12.5. The first-order valence-corrected chi connectivity index (χ1v) is 8.81. The van der Waals surface area contributed by atoms with Crippen LogP contribution in [0.5, 0.6) is 0 Å².